The number of aromatic carboxylic acids is 1. The van der Waals surface area contributed by atoms with Crippen molar-refractivity contribution in [2.45, 2.75) is 4.90 Å². The summed E-state index contributed by atoms with van der Waals surface area (Å²) in [6, 6.07) is 9.88. The molecule has 0 fully saturated rings. The lowest BCUT2D eigenvalue weighted by molar-refractivity contribution is 0.0702. The van der Waals surface area contributed by atoms with Crippen molar-refractivity contribution in [1.29, 1.82) is 0 Å². The Morgan fingerprint density at radius 3 is 2.60 bits per heavy atom. The molecule has 6 heteroatoms. The van der Waals surface area contributed by atoms with Crippen molar-refractivity contribution in [1.82, 2.24) is 0 Å². The Bertz CT molecular complexity index is 579. The Morgan fingerprint density at radius 2 is 2.05 bits per heavy atom. The highest BCUT2D eigenvalue weighted by Gasteiger charge is 2.06. The van der Waals surface area contributed by atoms with E-state index in [-0.39, 0.29) is 0 Å². The molecular formula is C14H16N2O2S2. The fourth-order valence-electron chi connectivity index (χ4n) is 1.59. The van der Waals surface area contributed by atoms with Crippen LogP contribution < -0.4 is 10.2 Å². The van der Waals surface area contributed by atoms with Gasteiger partial charge in [0.1, 0.15) is 4.88 Å². The van der Waals surface area contributed by atoms with Crippen molar-refractivity contribution < 1.29 is 9.90 Å². The maximum absolute atomic E-state index is 10.8. The fourth-order valence-corrected chi connectivity index (χ4v) is 3.29. The van der Waals surface area contributed by atoms with Gasteiger partial charge in [-0.1, -0.05) is 0 Å². The van der Waals surface area contributed by atoms with Gasteiger partial charge in [-0.2, -0.15) is 0 Å². The molecule has 1 aromatic carbocycles. The third-order valence-corrected chi connectivity index (χ3v) is 4.61. The molecule has 0 saturated heterocycles. The second-order valence-electron chi connectivity index (χ2n) is 4.36. The van der Waals surface area contributed by atoms with Crippen molar-refractivity contribution in [2.24, 2.45) is 0 Å². The first-order chi connectivity index (χ1) is 9.56. The van der Waals surface area contributed by atoms with Crippen molar-refractivity contribution in [3.8, 4) is 0 Å². The van der Waals surface area contributed by atoms with E-state index in [0.717, 1.165) is 16.3 Å². The summed E-state index contributed by atoms with van der Waals surface area (Å²) in [4.78, 5) is 14.2. The minimum atomic E-state index is -0.867. The number of hydrogen-bond donors (Lipinski definition) is 2. The molecule has 106 valence electrons. The van der Waals surface area contributed by atoms with Gasteiger partial charge in [0.15, 0.2) is 0 Å². The zero-order valence-electron chi connectivity index (χ0n) is 11.3. The predicted molar refractivity (Wildman–Crippen MR) is 86.4 cm³/mol. The molecule has 1 aromatic heterocycles. The molecule has 20 heavy (non-hydrogen) atoms. The van der Waals surface area contributed by atoms with Gasteiger partial charge in [0.05, 0.1) is 5.88 Å². The standard InChI is InChI=1S/C14H16N2O2S2/c1-16(2)11-5-3-10(4-6-11)15-9-20-12-7-13(14(17)18)19-8-12/h3-8,15H,9H2,1-2H3,(H,17,18). The number of anilines is 2. The molecule has 0 aliphatic carbocycles. The summed E-state index contributed by atoms with van der Waals surface area (Å²) in [5, 5.41) is 14.0. The van der Waals surface area contributed by atoms with Gasteiger partial charge in [-0.05, 0) is 30.3 Å². The number of benzene rings is 1. The van der Waals surface area contributed by atoms with E-state index in [1.165, 1.54) is 11.3 Å². The van der Waals surface area contributed by atoms with E-state index in [1.807, 2.05) is 31.6 Å². The number of carbonyl (C=O) groups is 1. The van der Waals surface area contributed by atoms with Crippen LogP contribution >= 0.6 is 23.1 Å². The molecule has 0 spiro atoms. The van der Waals surface area contributed by atoms with Crippen LogP contribution in [0.4, 0.5) is 11.4 Å². The first-order valence-electron chi connectivity index (χ1n) is 6.02. The van der Waals surface area contributed by atoms with E-state index < -0.39 is 5.97 Å². The van der Waals surface area contributed by atoms with Crippen molar-refractivity contribution >= 4 is 40.4 Å². The van der Waals surface area contributed by atoms with Gasteiger partial charge in [-0.15, -0.1) is 23.1 Å². The molecule has 0 radical (unpaired) electrons. The lowest BCUT2D eigenvalue weighted by Crippen LogP contribution is -2.08. The molecule has 0 amide bonds. The number of thiophene rings is 1. The molecule has 0 aliphatic rings. The summed E-state index contributed by atoms with van der Waals surface area (Å²) in [7, 11) is 4.02. The molecule has 2 rings (SSSR count). The SMILES string of the molecule is CN(C)c1ccc(NCSc2csc(C(=O)O)c2)cc1. The lowest BCUT2D eigenvalue weighted by atomic mass is 10.3. The average molecular weight is 308 g/mol. The molecule has 1 heterocycles. The fraction of sp³-hybridized carbons (Fsp3) is 0.214. The van der Waals surface area contributed by atoms with Crippen LogP contribution in [0.2, 0.25) is 0 Å². The van der Waals surface area contributed by atoms with Gasteiger partial charge >= 0.3 is 5.97 Å². The highest BCUT2D eigenvalue weighted by atomic mass is 32.2. The smallest absolute Gasteiger partial charge is 0.345 e. The maximum Gasteiger partial charge on any atom is 0.345 e. The van der Waals surface area contributed by atoms with E-state index in [9.17, 15) is 4.79 Å². The van der Waals surface area contributed by atoms with Gasteiger partial charge in [0.25, 0.3) is 0 Å². The Hall–Kier alpha value is -1.66. The van der Waals surface area contributed by atoms with Crippen LogP contribution in [-0.4, -0.2) is 31.0 Å². The van der Waals surface area contributed by atoms with Crippen molar-refractivity contribution in [3.63, 3.8) is 0 Å². The summed E-state index contributed by atoms with van der Waals surface area (Å²) >= 11 is 2.84. The molecule has 0 saturated carbocycles. The quantitative estimate of drug-likeness (QED) is 0.630. The van der Waals surface area contributed by atoms with E-state index in [4.69, 9.17) is 5.11 Å². The van der Waals surface area contributed by atoms with Gasteiger partial charge < -0.3 is 15.3 Å². The van der Waals surface area contributed by atoms with Crippen molar-refractivity contribution in [2.75, 3.05) is 30.2 Å². The monoisotopic (exact) mass is 308 g/mol. The predicted octanol–water partition coefficient (Wildman–Crippen LogP) is 3.67. The number of rotatable bonds is 6. The van der Waals surface area contributed by atoms with Gasteiger partial charge in [0.2, 0.25) is 0 Å². The molecule has 4 nitrogen and oxygen atoms in total. The minimum Gasteiger partial charge on any atom is -0.477 e. The van der Waals surface area contributed by atoms with Crippen LogP contribution in [0, 0.1) is 0 Å². The Morgan fingerprint density at radius 1 is 1.35 bits per heavy atom. The first-order valence-corrected chi connectivity index (χ1v) is 7.88. The summed E-state index contributed by atoms with van der Waals surface area (Å²) in [6.45, 7) is 0. The highest BCUT2D eigenvalue weighted by molar-refractivity contribution is 7.99. The maximum atomic E-state index is 10.8. The molecule has 0 aliphatic heterocycles. The van der Waals surface area contributed by atoms with Crippen LogP contribution in [0.15, 0.2) is 40.6 Å². The first kappa shape index (κ1) is 14.7. The number of nitrogens with one attached hydrogen (secondary N) is 1. The van der Waals surface area contributed by atoms with Gasteiger partial charge in [-0.25, -0.2) is 4.79 Å². The van der Waals surface area contributed by atoms with Gasteiger partial charge in [-0.3, -0.25) is 0 Å². The van der Waals surface area contributed by atoms with Crippen LogP contribution in [-0.2, 0) is 0 Å². The Labute approximate surface area is 126 Å². The second-order valence-corrected chi connectivity index (χ2v) is 6.32. The number of hydrogen-bond acceptors (Lipinski definition) is 5. The summed E-state index contributed by atoms with van der Waals surface area (Å²) in [6.07, 6.45) is 0. The van der Waals surface area contributed by atoms with Crippen LogP contribution in [0.1, 0.15) is 9.67 Å². The topological polar surface area (TPSA) is 52.6 Å². The third kappa shape index (κ3) is 3.91. The number of nitrogens with zero attached hydrogens (tertiary/aromatic N) is 1. The largest absolute Gasteiger partial charge is 0.477 e. The van der Waals surface area contributed by atoms with Crippen LogP contribution in [0.3, 0.4) is 0 Å². The van der Waals surface area contributed by atoms with Crippen LogP contribution in [0.5, 0.6) is 0 Å². The average Bonchev–Trinajstić information content (AvgIpc) is 2.88. The zero-order valence-corrected chi connectivity index (χ0v) is 12.9. The number of carboxylic acids is 1. The highest BCUT2D eigenvalue weighted by Crippen LogP contribution is 2.25. The van der Waals surface area contributed by atoms with Gasteiger partial charge in [0, 0.05) is 35.7 Å². The third-order valence-electron chi connectivity index (χ3n) is 2.69. The molecule has 0 atom stereocenters. The zero-order chi connectivity index (χ0) is 14.5. The Kier molecular flexibility index (Phi) is 4.92. The minimum absolute atomic E-state index is 0.378. The number of thioether (sulfide) groups is 1. The Balaban J connectivity index is 1.84. The van der Waals surface area contributed by atoms with E-state index in [2.05, 4.69) is 22.3 Å². The molecular weight excluding hydrogens is 292 g/mol. The normalized spacial score (nSPS) is 10.3. The number of carboxylic acid groups (broad SMARTS) is 1. The molecule has 0 bridgehead atoms. The summed E-state index contributed by atoms with van der Waals surface area (Å²) in [5.41, 5.74) is 2.21. The van der Waals surface area contributed by atoms with E-state index in [0.29, 0.717) is 10.8 Å². The van der Waals surface area contributed by atoms with E-state index >= 15 is 0 Å². The summed E-state index contributed by atoms with van der Waals surface area (Å²) < 4.78 is 0. The second kappa shape index (κ2) is 6.67. The van der Waals surface area contributed by atoms with Crippen molar-refractivity contribution in [3.05, 3.63) is 40.6 Å². The molecule has 0 unspecified atom stereocenters. The molecule has 2 N–H and O–H groups in total. The van der Waals surface area contributed by atoms with E-state index in [1.54, 1.807) is 17.8 Å². The summed E-state index contributed by atoms with van der Waals surface area (Å²) in [5.74, 6) is -0.161. The lowest BCUT2D eigenvalue weighted by Gasteiger charge is -2.13. The van der Waals surface area contributed by atoms with Crippen LogP contribution in [0.25, 0.3) is 0 Å². The molecule has 2 aromatic rings.